The lowest BCUT2D eigenvalue weighted by molar-refractivity contribution is -0.122. The number of nitrogens with one attached hydrogen (secondary N) is 2. The fourth-order valence-corrected chi connectivity index (χ4v) is 2.25. The zero-order chi connectivity index (χ0) is 14.4. The zero-order valence-electron chi connectivity index (χ0n) is 11.6. The lowest BCUT2D eigenvalue weighted by Gasteiger charge is -2.15. The van der Waals surface area contributed by atoms with Crippen LogP contribution in [-0.4, -0.2) is 31.6 Å². The molecule has 1 heterocycles. The Morgan fingerprint density at radius 2 is 2.10 bits per heavy atom. The summed E-state index contributed by atoms with van der Waals surface area (Å²) in [5.74, 6) is -0.263. The Morgan fingerprint density at radius 3 is 2.80 bits per heavy atom. The number of benzene rings is 1. The van der Waals surface area contributed by atoms with Gasteiger partial charge in [-0.15, -0.1) is 0 Å². The van der Waals surface area contributed by atoms with Gasteiger partial charge in [-0.05, 0) is 37.0 Å². The van der Waals surface area contributed by atoms with Crippen LogP contribution in [0.25, 0.3) is 0 Å². The molecule has 1 amide bonds. The van der Waals surface area contributed by atoms with Crippen molar-refractivity contribution in [1.82, 2.24) is 10.6 Å². The molecule has 0 aromatic heterocycles. The number of amides is 1. The van der Waals surface area contributed by atoms with Crippen LogP contribution in [0.4, 0.5) is 0 Å². The van der Waals surface area contributed by atoms with Crippen molar-refractivity contribution in [3.63, 3.8) is 0 Å². The molecule has 5 heteroatoms. The van der Waals surface area contributed by atoms with Gasteiger partial charge in [0.1, 0.15) is 0 Å². The normalized spacial score (nSPS) is 19.1. The average molecular weight is 276 g/mol. The molecule has 1 unspecified atom stereocenters. The minimum absolute atomic E-state index is 0.0775. The maximum Gasteiger partial charge on any atom is 0.337 e. The van der Waals surface area contributed by atoms with Gasteiger partial charge < -0.3 is 15.4 Å². The molecule has 2 N–H and O–H groups in total. The van der Waals surface area contributed by atoms with Gasteiger partial charge in [-0.1, -0.05) is 12.1 Å². The summed E-state index contributed by atoms with van der Waals surface area (Å²) in [7, 11) is 1.36. The van der Waals surface area contributed by atoms with Crippen LogP contribution in [-0.2, 0) is 16.1 Å². The predicted molar refractivity (Wildman–Crippen MR) is 75.3 cm³/mol. The van der Waals surface area contributed by atoms with Gasteiger partial charge >= 0.3 is 5.97 Å². The Hall–Kier alpha value is -1.88. The van der Waals surface area contributed by atoms with Crippen LogP contribution in [0.15, 0.2) is 24.3 Å². The zero-order valence-corrected chi connectivity index (χ0v) is 11.6. The highest BCUT2D eigenvalue weighted by Crippen LogP contribution is 2.09. The summed E-state index contributed by atoms with van der Waals surface area (Å²) >= 11 is 0. The average Bonchev–Trinajstić information content (AvgIpc) is 2.69. The predicted octanol–water partition coefficient (Wildman–Crippen LogP) is 1.23. The Bertz CT molecular complexity index is 471. The number of esters is 1. The van der Waals surface area contributed by atoms with Crippen molar-refractivity contribution in [2.75, 3.05) is 13.7 Å². The fraction of sp³-hybridized carbons (Fsp3) is 0.467. The second-order valence-electron chi connectivity index (χ2n) is 4.91. The van der Waals surface area contributed by atoms with E-state index in [2.05, 4.69) is 15.4 Å². The van der Waals surface area contributed by atoms with Gasteiger partial charge in [0.05, 0.1) is 18.7 Å². The second-order valence-corrected chi connectivity index (χ2v) is 4.91. The maximum absolute atomic E-state index is 11.8. The van der Waals surface area contributed by atoms with E-state index >= 15 is 0 Å². The molecule has 0 aliphatic carbocycles. The molecular weight excluding hydrogens is 256 g/mol. The minimum Gasteiger partial charge on any atom is -0.465 e. The molecule has 0 saturated carbocycles. The van der Waals surface area contributed by atoms with Crippen molar-refractivity contribution in [1.29, 1.82) is 0 Å². The van der Waals surface area contributed by atoms with Gasteiger partial charge in [-0.2, -0.15) is 0 Å². The molecule has 0 bridgehead atoms. The van der Waals surface area contributed by atoms with Crippen LogP contribution < -0.4 is 10.6 Å². The Labute approximate surface area is 118 Å². The fourth-order valence-electron chi connectivity index (χ4n) is 2.25. The third-order valence-corrected chi connectivity index (χ3v) is 3.46. The van der Waals surface area contributed by atoms with Crippen LogP contribution in [0, 0.1) is 0 Å². The molecule has 1 aromatic carbocycles. The van der Waals surface area contributed by atoms with Crippen molar-refractivity contribution in [2.45, 2.75) is 31.8 Å². The standard InChI is InChI=1S/C15H20N2O3/c1-20-15(19)12-7-5-11(6-8-12)10-17-13-4-2-3-9-16-14(13)18/h5-8,13,17H,2-4,9-10H2,1H3,(H,16,18). The summed E-state index contributed by atoms with van der Waals surface area (Å²) in [5.41, 5.74) is 1.57. The van der Waals surface area contributed by atoms with E-state index < -0.39 is 0 Å². The van der Waals surface area contributed by atoms with E-state index in [1.807, 2.05) is 12.1 Å². The van der Waals surface area contributed by atoms with E-state index in [1.165, 1.54) is 7.11 Å². The van der Waals surface area contributed by atoms with Crippen LogP contribution in [0.2, 0.25) is 0 Å². The molecule has 1 atom stereocenters. The third-order valence-electron chi connectivity index (χ3n) is 3.46. The van der Waals surface area contributed by atoms with E-state index in [9.17, 15) is 9.59 Å². The maximum atomic E-state index is 11.8. The first kappa shape index (κ1) is 14.5. The summed E-state index contributed by atoms with van der Waals surface area (Å²) in [6.07, 6.45) is 2.96. The van der Waals surface area contributed by atoms with Gasteiger partial charge in [0, 0.05) is 13.1 Å². The lowest BCUT2D eigenvalue weighted by atomic mass is 10.1. The summed E-state index contributed by atoms with van der Waals surface area (Å²) in [5, 5.41) is 6.16. The van der Waals surface area contributed by atoms with E-state index in [1.54, 1.807) is 12.1 Å². The van der Waals surface area contributed by atoms with E-state index in [0.717, 1.165) is 31.4 Å². The Morgan fingerprint density at radius 1 is 1.35 bits per heavy atom. The molecule has 1 aromatic rings. The number of carbonyl (C=O) groups excluding carboxylic acids is 2. The van der Waals surface area contributed by atoms with Gasteiger partial charge in [-0.25, -0.2) is 4.79 Å². The van der Waals surface area contributed by atoms with Crippen molar-refractivity contribution < 1.29 is 14.3 Å². The molecular formula is C15H20N2O3. The summed E-state index contributed by atoms with van der Waals surface area (Å²) < 4.78 is 4.65. The van der Waals surface area contributed by atoms with Gasteiger partial charge in [0.25, 0.3) is 0 Å². The lowest BCUT2D eigenvalue weighted by Crippen LogP contribution is -2.42. The van der Waals surface area contributed by atoms with Crippen molar-refractivity contribution >= 4 is 11.9 Å². The molecule has 0 spiro atoms. The first-order chi connectivity index (χ1) is 9.70. The molecule has 0 radical (unpaired) electrons. The third kappa shape index (κ3) is 3.81. The number of methoxy groups -OCH3 is 1. The molecule has 1 aliphatic rings. The first-order valence-corrected chi connectivity index (χ1v) is 6.89. The van der Waals surface area contributed by atoms with Crippen molar-refractivity contribution in [3.05, 3.63) is 35.4 Å². The smallest absolute Gasteiger partial charge is 0.337 e. The van der Waals surface area contributed by atoms with Crippen LogP contribution in [0.5, 0.6) is 0 Å². The largest absolute Gasteiger partial charge is 0.465 e. The number of hydrogen-bond donors (Lipinski definition) is 2. The molecule has 2 rings (SSSR count). The van der Waals surface area contributed by atoms with Gasteiger partial charge in [-0.3, -0.25) is 4.79 Å². The topological polar surface area (TPSA) is 67.4 Å². The SMILES string of the molecule is COC(=O)c1ccc(CNC2CCCCNC2=O)cc1. The van der Waals surface area contributed by atoms with Crippen LogP contribution in [0.3, 0.4) is 0 Å². The highest BCUT2D eigenvalue weighted by Gasteiger charge is 2.19. The quantitative estimate of drug-likeness (QED) is 0.812. The second kappa shape index (κ2) is 7.05. The van der Waals surface area contributed by atoms with Crippen molar-refractivity contribution in [3.8, 4) is 0 Å². The molecule has 1 fully saturated rings. The van der Waals surface area contributed by atoms with Gasteiger partial charge in [0.15, 0.2) is 0 Å². The highest BCUT2D eigenvalue weighted by atomic mass is 16.5. The Kier molecular flexibility index (Phi) is 5.12. The van der Waals surface area contributed by atoms with E-state index in [-0.39, 0.29) is 17.9 Å². The number of carbonyl (C=O) groups is 2. The highest BCUT2D eigenvalue weighted by molar-refractivity contribution is 5.89. The summed E-state index contributed by atoms with van der Waals surface area (Å²) in [6.45, 7) is 1.38. The number of ether oxygens (including phenoxy) is 1. The molecule has 108 valence electrons. The van der Waals surface area contributed by atoms with E-state index in [4.69, 9.17) is 0 Å². The molecule has 20 heavy (non-hydrogen) atoms. The van der Waals surface area contributed by atoms with Crippen molar-refractivity contribution in [2.24, 2.45) is 0 Å². The van der Waals surface area contributed by atoms with Crippen LogP contribution in [0.1, 0.15) is 35.2 Å². The first-order valence-electron chi connectivity index (χ1n) is 6.89. The Balaban J connectivity index is 1.90. The molecule has 1 aliphatic heterocycles. The van der Waals surface area contributed by atoms with Gasteiger partial charge in [0.2, 0.25) is 5.91 Å². The summed E-state index contributed by atoms with van der Waals surface area (Å²) in [6, 6.07) is 7.08. The monoisotopic (exact) mass is 276 g/mol. The van der Waals surface area contributed by atoms with Crippen LogP contribution >= 0.6 is 0 Å². The molecule has 5 nitrogen and oxygen atoms in total. The number of rotatable bonds is 4. The molecule has 1 saturated heterocycles. The minimum atomic E-state index is -0.340. The summed E-state index contributed by atoms with van der Waals surface area (Å²) in [4.78, 5) is 23.1. The number of hydrogen-bond acceptors (Lipinski definition) is 4. The van der Waals surface area contributed by atoms with E-state index in [0.29, 0.717) is 12.1 Å².